The molecule has 0 aliphatic heterocycles. The fraction of sp³-hybridized carbons (Fsp3) is 0.154. The second-order valence-corrected chi connectivity index (χ2v) is 4.11. The Morgan fingerprint density at radius 3 is 2.71 bits per heavy atom. The minimum Gasteiger partial charge on any atom is -0.197 e. The first-order valence-corrected chi connectivity index (χ1v) is 5.50. The standard InChI is InChI=1S/C13H12N4/c1-9-4-3-5-11(8-9)12-6-7-13-15-14-10(2)17(13)16-12/h3-8H,1-2H3. The van der Waals surface area contributed by atoms with Crippen molar-refractivity contribution in [2.24, 2.45) is 0 Å². The van der Waals surface area contributed by atoms with Crippen LogP contribution in [-0.2, 0) is 0 Å². The number of fused-ring (bicyclic) bond motifs is 1. The maximum Gasteiger partial charge on any atom is 0.177 e. The Kier molecular flexibility index (Phi) is 2.14. The largest absolute Gasteiger partial charge is 0.197 e. The van der Waals surface area contributed by atoms with Crippen molar-refractivity contribution < 1.29 is 0 Å². The zero-order valence-electron chi connectivity index (χ0n) is 9.75. The van der Waals surface area contributed by atoms with Crippen molar-refractivity contribution in [2.75, 3.05) is 0 Å². The van der Waals surface area contributed by atoms with E-state index in [1.165, 1.54) is 5.56 Å². The van der Waals surface area contributed by atoms with Crippen molar-refractivity contribution in [3.05, 3.63) is 47.8 Å². The van der Waals surface area contributed by atoms with Gasteiger partial charge in [0.2, 0.25) is 0 Å². The molecule has 2 aromatic heterocycles. The highest BCUT2D eigenvalue weighted by atomic mass is 15.4. The molecule has 0 spiro atoms. The van der Waals surface area contributed by atoms with Crippen LogP contribution >= 0.6 is 0 Å². The molecule has 0 aliphatic carbocycles. The van der Waals surface area contributed by atoms with E-state index in [0.717, 1.165) is 22.7 Å². The maximum absolute atomic E-state index is 4.54. The van der Waals surface area contributed by atoms with Crippen LogP contribution < -0.4 is 0 Å². The van der Waals surface area contributed by atoms with Gasteiger partial charge in [0.25, 0.3) is 0 Å². The average Bonchev–Trinajstić information content (AvgIpc) is 2.71. The minimum absolute atomic E-state index is 0.777. The fourth-order valence-corrected chi connectivity index (χ4v) is 1.85. The molecule has 0 radical (unpaired) electrons. The lowest BCUT2D eigenvalue weighted by atomic mass is 10.1. The van der Waals surface area contributed by atoms with E-state index in [1.807, 2.05) is 25.1 Å². The number of aryl methyl sites for hydroxylation is 2. The normalized spacial score (nSPS) is 10.9. The van der Waals surface area contributed by atoms with E-state index in [2.05, 4.69) is 40.4 Å². The predicted molar refractivity (Wildman–Crippen MR) is 65.7 cm³/mol. The van der Waals surface area contributed by atoms with Gasteiger partial charge in [-0.3, -0.25) is 0 Å². The molecule has 3 rings (SSSR count). The molecule has 84 valence electrons. The van der Waals surface area contributed by atoms with Crippen LogP contribution in [0.3, 0.4) is 0 Å². The van der Waals surface area contributed by atoms with Gasteiger partial charge in [0, 0.05) is 5.56 Å². The van der Waals surface area contributed by atoms with Gasteiger partial charge in [-0.2, -0.15) is 9.61 Å². The predicted octanol–water partition coefficient (Wildman–Crippen LogP) is 2.41. The second kappa shape index (κ2) is 3.66. The van der Waals surface area contributed by atoms with Gasteiger partial charge >= 0.3 is 0 Å². The van der Waals surface area contributed by atoms with Crippen molar-refractivity contribution in [3.63, 3.8) is 0 Å². The third-order valence-corrected chi connectivity index (χ3v) is 2.73. The molecule has 0 amide bonds. The Labute approximate surface area is 98.9 Å². The third kappa shape index (κ3) is 1.67. The van der Waals surface area contributed by atoms with E-state index in [0.29, 0.717) is 0 Å². The smallest absolute Gasteiger partial charge is 0.177 e. The molecule has 0 fully saturated rings. The van der Waals surface area contributed by atoms with Crippen LogP contribution in [0, 0.1) is 13.8 Å². The molecule has 4 heteroatoms. The Morgan fingerprint density at radius 1 is 1.00 bits per heavy atom. The number of benzene rings is 1. The molecule has 2 heterocycles. The number of hydrogen-bond acceptors (Lipinski definition) is 3. The molecule has 0 aliphatic rings. The molecule has 17 heavy (non-hydrogen) atoms. The molecule has 0 N–H and O–H groups in total. The number of rotatable bonds is 1. The highest BCUT2D eigenvalue weighted by Gasteiger charge is 2.05. The first kappa shape index (κ1) is 9.96. The lowest BCUT2D eigenvalue weighted by Crippen LogP contribution is -1.96. The highest BCUT2D eigenvalue weighted by Crippen LogP contribution is 2.18. The van der Waals surface area contributed by atoms with Gasteiger partial charge in [0.05, 0.1) is 5.69 Å². The van der Waals surface area contributed by atoms with Crippen molar-refractivity contribution >= 4 is 5.65 Å². The van der Waals surface area contributed by atoms with Crippen LogP contribution in [0.4, 0.5) is 0 Å². The van der Waals surface area contributed by atoms with Gasteiger partial charge in [0.1, 0.15) is 0 Å². The molecule has 0 unspecified atom stereocenters. The number of nitrogens with zero attached hydrogens (tertiary/aromatic N) is 4. The fourth-order valence-electron chi connectivity index (χ4n) is 1.85. The summed E-state index contributed by atoms with van der Waals surface area (Å²) < 4.78 is 1.76. The van der Waals surface area contributed by atoms with E-state index >= 15 is 0 Å². The molecule has 1 aromatic carbocycles. The number of aromatic nitrogens is 4. The molecule has 0 bridgehead atoms. The van der Waals surface area contributed by atoms with E-state index in [-0.39, 0.29) is 0 Å². The summed E-state index contributed by atoms with van der Waals surface area (Å²) in [6.07, 6.45) is 0. The SMILES string of the molecule is Cc1cccc(-c2ccc3nnc(C)n3n2)c1. The summed E-state index contributed by atoms with van der Waals surface area (Å²) in [4.78, 5) is 0. The maximum atomic E-state index is 4.54. The lowest BCUT2D eigenvalue weighted by molar-refractivity contribution is 0.880. The molecule has 0 saturated heterocycles. The quantitative estimate of drug-likeness (QED) is 0.637. The van der Waals surface area contributed by atoms with Crippen molar-refractivity contribution in [1.29, 1.82) is 0 Å². The molecule has 4 nitrogen and oxygen atoms in total. The van der Waals surface area contributed by atoms with E-state index < -0.39 is 0 Å². The number of hydrogen-bond donors (Lipinski definition) is 0. The summed E-state index contributed by atoms with van der Waals surface area (Å²) in [5.41, 5.74) is 4.05. The summed E-state index contributed by atoms with van der Waals surface area (Å²) in [6.45, 7) is 3.97. The molecular formula is C13H12N4. The molecular weight excluding hydrogens is 212 g/mol. The Bertz CT molecular complexity index is 685. The third-order valence-electron chi connectivity index (χ3n) is 2.73. The van der Waals surface area contributed by atoms with Crippen LogP contribution in [0.25, 0.3) is 16.9 Å². The first-order chi connectivity index (χ1) is 8.24. The van der Waals surface area contributed by atoms with E-state index in [9.17, 15) is 0 Å². The van der Waals surface area contributed by atoms with Gasteiger partial charge in [-0.1, -0.05) is 23.8 Å². The topological polar surface area (TPSA) is 43.1 Å². The van der Waals surface area contributed by atoms with Crippen molar-refractivity contribution in [1.82, 2.24) is 19.8 Å². The first-order valence-electron chi connectivity index (χ1n) is 5.50. The van der Waals surface area contributed by atoms with Crippen molar-refractivity contribution in [2.45, 2.75) is 13.8 Å². The summed E-state index contributed by atoms with van der Waals surface area (Å²) in [5.74, 6) is 0.800. The Hall–Kier alpha value is -2.23. The molecule has 0 atom stereocenters. The summed E-state index contributed by atoms with van der Waals surface area (Å²) in [6, 6.07) is 12.2. The summed E-state index contributed by atoms with van der Waals surface area (Å²) >= 11 is 0. The van der Waals surface area contributed by atoms with Gasteiger partial charge in [-0.25, -0.2) is 0 Å². The van der Waals surface area contributed by atoms with Crippen LogP contribution in [0.2, 0.25) is 0 Å². The Morgan fingerprint density at radius 2 is 1.88 bits per heavy atom. The molecule has 3 aromatic rings. The minimum atomic E-state index is 0.777. The van der Waals surface area contributed by atoms with Gasteiger partial charge in [-0.15, -0.1) is 10.2 Å². The van der Waals surface area contributed by atoms with Crippen molar-refractivity contribution in [3.8, 4) is 11.3 Å². The van der Waals surface area contributed by atoms with Gasteiger partial charge in [0.15, 0.2) is 11.5 Å². The van der Waals surface area contributed by atoms with Crippen LogP contribution in [-0.4, -0.2) is 19.8 Å². The summed E-state index contributed by atoms with van der Waals surface area (Å²) in [7, 11) is 0. The zero-order chi connectivity index (χ0) is 11.8. The molecule has 0 saturated carbocycles. The lowest BCUT2D eigenvalue weighted by Gasteiger charge is -2.02. The van der Waals surface area contributed by atoms with Crippen LogP contribution in [0.15, 0.2) is 36.4 Å². The van der Waals surface area contributed by atoms with Crippen LogP contribution in [0.1, 0.15) is 11.4 Å². The zero-order valence-corrected chi connectivity index (χ0v) is 9.75. The van der Waals surface area contributed by atoms with Gasteiger partial charge in [-0.05, 0) is 32.0 Å². The Balaban J connectivity index is 2.20. The van der Waals surface area contributed by atoms with Crippen LogP contribution in [0.5, 0.6) is 0 Å². The summed E-state index contributed by atoms with van der Waals surface area (Å²) in [5, 5.41) is 12.6. The van der Waals surface area contributed by atoms with E-state index in [1.54, 1.807) is 4.52 Å². The highest BCUT2D eigenvalue weighted by molar-refractivity contribution is 5.60. The van der Waals surface area contributed by atoms with Gasteiger partial charge < -0.3 is 0 Å². The average molecular weight is 224 g/mol. The second-order valence-electron chi connectivity index (χ2n) is 4.11. The van der Waals surface area contributed by atoms with E-state index in [4.69, 9.17) is 0 Å². The monoisotopic (exact) mass is 224 g/mol.